The highest BCUT2D eigenvalue weighted by Gasteiger charge is 2.30. The van der Waals surface area contributed by atoms with Crippen LogP contribution in [-0.2, 0) is 6.54 Å². The molecule has 0 radical (unpaired) electrons. The van der Waals surface area contributed by atoms with E-state index in [1.165, 1.54) is 18.5 Å². The van der Waals surface area contributed by atoms with E-state index in [0.717, 1.165) is 49.8 Å². The fourth-order valence-corrected chi connectivity index (χ4v) is 3.32. The number of aromatic nitrogens is 4. The van der Waals surface area contributed by atoms with Crippen molar-refractivity contribution in [1.82, 2.24) is 19.7 Å². The van der Waals surface area contributed by atoms with Crippen molar-refractivity contribution in [3.05, 3.63) is 29.7 Å². The molecule has 2 saturated carbocycles. The molecule has 2 aromatic heterocycles. The van der Waals surface area contributed by atoms with Crippen LogP contribution in [0, 0.1) is 0 Å². The maximum atomic E-state index is 9.45. The molecule has 0 saturated heterocycles. The molecular formula is C17H24N6O. The molecule has 128 valence electrons. The Bertz CT molecular complexity index is 705. The zero-order valence-corrected chi connectivity index (χ0v) is 13.7. The maximum absolute atomic E-state index is 9.45. The summed E-state index contributed by atoms with van der Waals surface area (Å²) < 4.78 is 2.12. The van der Waals surface area contributed by atoms with Gasteiger partial charge in [-0.25, -0.2) is 4.98 Å². The van der Waals surface area contributed by atoms with Crippen LogP contribution in [0.25, 0.3) is 0 Å². The van der Waals surface area contributed by atoms with Crippen molar-refractivity contribution in [3.8, 4) is 0 Å². The van der Waals surface area contributed by atoms with E-state index in [1.54, 1.807) is 0 Å². The van der Waals surface area contributed by atoms with Gasteiger partial charge < -0.3 is 16.2 Å². The Morgan fingerprint density at radius 3 is 2.83 bits per heavy atom. The molecular weight excluding hydrogens is 304 g/mol. The minimum Gasteiger partial charge on any atom is -0.393 e. The molecule has 2 heterocycles. The van der Waals surface area contributed by atoms with Gasteiger partial charge >= 0.3 is 0 Å². The number of hydrogen-bond donors (Lipinski definition) is 3. The third-order valence-corrected chi connectivity index (χ3v) is 4.89. The Hall–Kier alpha value is -2.15. The molecule has 4 N–H and O–H groups in total. The van der Waals surface area contributed by atoms with Gasteiger partial charge in [0.25, 0.3) is 0 Å². The lowest BCUT2D eigenvalue weighted by Crippen LogP contribution is -2.27. The van der Waals surface area contributed by atoms with Crippen LogP contribution in [0.1, 0.15) is 55.3 Å². The average molecular weight is 328 g/mol. The molecule has 2 aromatic rings. The zero-order valence-electron chi connectivity index (χ0n) is 13.7. The number of aryl methyl sites for hydroxylation is 1. The first kappa shape index (κ1) is 15.4. The number of rotatable bonds is 7. The van der Waals surface area contributed by atoms with E-state index in [0.29, 0.717) is 11.9 Å². The highest BCUT2D eigenvalue weighted by molar-refractivity contribution is 5.41. The highest BCUT2D eigenvalue weighted by Crippen LogP contribution is 2.39. The van der Waals surface area contributed by atoms with Crippen LogP contribution >= 0.6 is 0 Å². The van der Waals surface area contributed by atoms with Gasteiger partial charge in [-0.2, -0.15) is 10.1 Å². The predicted molar refractivity (Wildman–Crippen MR) is 91.7 cm³/mol. The van der Waals surface area contributed by atoms with Gasteiger partial charge in [0, 0.05) is 42.9 Å². The third kappa shape index (κ3) is 3.36. The molecule has 0 amide bonds. The van der Waals surface area contributed by atoms with E-state index in [1.807, 2.05) is 12.3 Å². The molecule has 0 spiro atoms. The van der Waals surface area contributed by atoms with Gasteiger partial charge in [0.15, 0.2) is 0 Å². The molecule has 0 unspecified atom stereocenters. The van der Waals surface area contributed by atoms with Crippen LogP contribution < -0.4 is 11.1 Å². The van der Waals surface area contributed by atoms with Gasteiger partial charge in [0.05, 0.1) is 11.8 Å². The standard InChI is InChI=1S/C17H24N6O/c18-17-21-14(12-8-13(24)9-12)10-16(22-17)19-5-1-7-23-15(4-6-20-23)11-2-3-11/h4,6,10-13,24H,1-3,5,7-9H2,(H3,18,19,21,22). The monoisotopic (exact) mass is 328 g/mol. The molecule has 7 heteroatoms. The number of hydrogen-bond acceptors (Lipinski definition) is 6. The summed E-state index contributed by atoms with van der Waals surface area (Å²) in [5.74, 6) is 2.08. The van der Waals surface area contributed by atoms with Crippen molar-refractivity contribution < 1.29 is 5.11 Å². The number of nitrogens with two attached hydrogens (primary N) is 1. The van der Waals surface area contributed by atoms with Crippen molar-refractivity contribution >= 4 is 11.8 Å². The second-order valence-electron chi connectivity index (χ2n) is 6.89. The first-order chi connectivity index (χ1) is 11.7. The molecule has 0 aliphatic heterocycles. The lowest BCUT2D eigenvalue weighted by atomic mass is 9.80. The Labute approximate surface area is 141 Å². The molecule has 24 heavy (non-hydrogen) atoms. The summed E-state index contributed by atoms with van der Waals surface area (Å²) in [5.41, 5.74) is 8.11. The Morgan fingerprint density at radius 1 is 1.25 bits per heavy atom. The fourth-order valence-electron chi connectivity index (χ4n) is 3.32. The van der Waals surface area contributed by atoms with Gasteiger partial charge in [-0.15, -0.1) is 0 Å². The summed E-state index contributed by atoms with van der Waals surface area (Å²) >= 11 is 0. The van der Waals surface area contributed by atoms with Gasteiger partial charge in [-0.05, 0) is 38.2 Å². The van der Waals surface area contributed by atoms with E-state index in [9.17, 15) is 5.11 Å². The minimum atomic E-state index is -0.197. The maximum Gasteiger partial charge on any atom is 0.222 e. The van der Waals surface area contributed by atoms with Crippen molar-refractivity contribution in [3.63, 3.8) is 0 Å². The molecule has 2 fully saturated rings. The van der Waals surface area contributed by atoms with Gasteiger partial charge in [-0.3, -0.25) is 4.68 Å². The largest absolute Gasteiger partial charge is 0.393 e. The number of nitrogens with zero attached hydrogens (tertiary/aromatic N) is 4. The van der Waals surface area contributed by atoms with Crippen LogP contribution in [0.15, 0.2) is 18.3 Å². The summed E-state index contributed by atoms with van der Waals surface area (Å²) in [7, 11) is 0. The van der Waals surface area contributed by atoms with Crippen molar-refractivity contribution in [2.45, 2.75) is 56.6 Å². The first-order valence-electron chi connectivity index (χ1n) is 8.77. The fraction of sp³-hybridized carbons (Fsp3) is 0.588. The third-order valence-electron chi connectivity index (χ3n) is 4.89. The smallest absolute Gasteiger partial charge is 0.222 e. The van der Waals surface area contributed by atoms with Crippen LogP contribution in [0.3, 0.4) is 0 Å². The average Bonchev–Trinajstić information content (AvgIpc) is 3.27. The van der Waals surface area contributed by atoms with E-state index < -0.39 is 0 Å². The van der Waals surface area contributed by atoms with E-state index in [-0.39, 0.29) is 6.10 Å². The van der Waals surface area contributed by atoms with Crippen molar-refractivity contribution in [1.29, 1.82) is 0 Å². The SMILES string of the molecule is Nc1nc(NCCCn2nccc2C2CC2)cc(C2CC(O)C2)n1. The Balaban J connectivity index is 1.30. The number of anilines is 2. The summed E-state index contributed by atoms with van der Waals surface area (Å²) in [6, 6.07) is 4.09. The van der Waals surface area contributed by atoms with E-state index >= 15 is 0 Å². The van der Waals surface area contributed by atoms with Gasteiger partial charge in [0.1, 0.15) is 5.82 Å². The van der Waals surface area contributed by atoms with Gasteiger partial charge in [0.2, 0.25) is 5.95 Å². The van der Waals surface area contributed by atoms with Crippen LogP contribution in [0.5, 0.6) is 0 Å². The number of nitrogens with one attached hydrogen (secondary N) is 1. The topological polar surface area (TPSA) is 102 Å². The summed E-state index contributed by atoms with van der Waals surface area (Å²) in [5, 5.41) is 17.2. The van der Waals surface area contributed by atoms with Crippen LogP contribution in [0.4, 0.5) is 11.8 Å². The quantitative estimate of drug-likeness (QED) is 0.671. The van der Waals surface area contributed by atoms with Crippen molar-refractivity contribution in [2.24, 2.45) is 0 Å². The van der Waals surface area contributed by atoms with E-state index in [2.05, 4.69) is 31.1 Å². The predicted octanol–water partition coefficient (Wildman–Crippen LogP) is 1.87. The van der Waals surface area contributed by atoms with Crippen molar-refractivity contribution in [2.75, 3.05) is 17.6 Å². The molecule has 0 bridgehead atoms. The Morgan fingerprint density at radius 2 is 2.08 bits per heavy atom. The lowest BCUT2D eigenvalue weighted by molar-refractivity contribution is 0.0732. The molecule has 0 aromatic carbocycles. The number of nitrogen functional groups attached to an aromatic ring is 1. The molecule has 2 aliphatic rings. The summed E-state index contributed by atoms with van der Waals surface area (Å²) in [6.07, 6.45) is 6.79. The zero-order chi connectivity index (χ0) is 16.5. The summed E-state index contributed by atoms with van der Waals surface area (Å²) in [4.78, 5) is 8.55. The second-order valence-corrected chi connectivity index (χ2v) is 6.89. The highest BCUT2D eigenvalue weighted by atomic mass is 16.3. The molecule has 0 atom stereocenters. The first-order valence-corrected chi connectivity index (χ1v) is 8.77. The molecule has 4 rings (SSSR count). The van der Waals surface area contributed by atoms with E-state index in [4.69, 9.17) is 5.73 Å². The summed E-state index contributed by atoms with van der Waals surface area (Å²) in [6.45, 7) is 1.72. The van der Waals surface area contributed by atoms with Crippen LogP contribution in [-0.4, -0.2) is 37.5 Å². The number of aliphatic hydroxyl groups is 1. The second kappa shape index (κ2) is 6.39. The Kier molecular flexibility index (Phi) is 4.10. The normalized spacial score (nSPS) is 23.0. The molecule has 2 aliphatic carbocycles. The minimum absolute atomic E-state index is 0.197. The van der Waals surface area contributed by atoms with Crippen LogP contribution in [0.2, 0.25) is 0 Å². The van der Waals surface area contributed by atoms with Gasteiger partial charge in [-0.1, -0.05) is 0 Å². The molecule has 7 nitrogen and oxygen atoms in total. The lowest BCUT2D eigenvalue weighted by Gasteiger charge is -2.30. The number of aliphatic hydroxyl groups excluding tert-OH is 1.